The summed E-state index contributed by atoms with van der Waals surface area (Å²) in [5.41, 5.74) is -3.31. The van der Waals surface area contributed by atoms with Crippen LogP contribution in [0.25, 0.3) is 11.3 Å². The zero-order valence-corrected chi connectivity index (χ0v) is 27.1. The van der Waals surface area contributed by atoms with E-state index < -0.39 is 89.4 Å². The molecule has 1 aromatic carbocycles. The molecule has 1 saturated heterocycles. The Balaban J connectivity index is 1.68. The molecule has 0 bridgehead atoms. The van der Waals surface area contributed by atoms with E-state index in [-0.39, 0.29) is 29.5 Å². The highest BCUT2D eigenvalue weighted by molar-refractivity contribution is 8.01. The number of amides is 1. The Morgan fingerprint density at radius 3 is 2.35 bits per heavy atom. The van der Waals surface area contributed by atoms with Crippen molar-refractivity contribution >= 4 is 17.7 Å². The number of halogens is 5. The maximum atomic E-state index is 14.2. The van der Waals surface area contributed by atoms with Crippen LogP contribution in [0.4, 0.5) is 22.0 Å². The van der Waals surface area contributed by atoms with Gasteiger partial charge in [-0.05, 0) is 36.8 Å². The number of benzene rings is 1. The van der Waals surface area contributed by atoms with Crippen LogP contribution in [-0.2, 0) is 14.3 Å². The number of aromatic nitrogens is 3. The van der Waals surface area contributed by atoms with Crippen molar-refractivity contribution in [3.05, 3.63) is 35.8 Å². The molecule has 3 N–H and O–H groups in total. The molecular formula is C30H41F5N4O6S. The van der Waals surface area contributed by atoms with E-state index in [9.17, 15) is 42.1 Å². The smallest absolute Gasteiger partial charge is 0.248 e. The highest BCUT2D eigenvalue weighted by atomic mass is 32.2. The van der Waals surface area contributed by atoms with Crippen LogP contribution in [0.1, 0.15) is 58.9 Å². The highest BCUT2D eigenvalue weighted by Gasteiger charge is 2.54. The second-order valence-corrected chi connectivity index (χ2v) is 14.5. The number of ether oxygens (including phenoxy) is 2. The average Bonchev–Trinajstić information content (AvgIpc) is 3.48. The molecule has 6 atom stereocenters. The summed E-state index contributed by atoms with van der Waals surface area (Å²) >= 11 is 0.844. The first-order chi connectivity index (χ1) is 21.4. The van der Waals surface area contributed by atoms with Gasteiger partial charge in [0.2, 0.25) is 11.8 Å². The Morgan fingerprint density at radius 2 is 1.80 bits per heavy atom. The molecule has 1 unspecified atom stereocenters. The van der Waals surface area contributed by atoms with Crippen LogP contribution >= 0.6 is 11.8 Å². The molecule has 258 valence electrons. The van der Waals surface area contributed by atoms with Crippen LogP contribution in [0.15, 0.2) is 18.3 Å². The van der Waals surface area contributed by atoms with Crippen LogP contribution in [0.2, 0.25) is 0 Å². The van der Waals surface area contributed by atoms with Gasteiger partial charge in [0.05, 0.1) is 18.4 Å². The number of rotatable bonds is 10. The van der Waals surface area contributed by atoms with Crippen molar-refractivity contribution in [2.75, 3.05) is 27.3 Å². The molecule has 0 spiro atoms. The molecule has 2 aliphatic rings. The normalized spacial score (nSPS) is 26.9. The first kappa shape index (κ1) is 36.5. The first-order valence-electron chi connectivity index (χ1n) is 14.9. The molecule has 46 heavy (non-hydrogen) atoms. The van der Waals surface area contributed by atoms with Gasteiger partial charge in [-0.2, -0.15) is 0 Å². The number of carbonyl (C=O) groups is 1. The summed E-state index contributed by atoms with van der Waals surface area (Å²) in [6.45, 7) is 5.67. The molecule has 4 rings (SSSR count). The second kappa shape index (κ2) is 14.0. The molecule has 16 heteroatoms. The molecule has 2 aromatic rings. The number of thioether (sulfide) groups is 1. The number of methoxy groups -OCH3 is 1. The number of hydrogen-bond acceptors (Lipinski definition) is 9. The lowest BCUT2D eigenvalue weighted by Gasteiger charge is -2.47. The Kier molecular flexibility index (Phi) is 11.1. The number of nitrogens with zero attached hydrogens (tertiary/aromatic N) is 4. The Hall–Kier alpha value is -2.37. The monoisotopic (exact) mass is 680 g/mol. The van der Waals surface area contributed by atoms with Gasteiger partial charge in [-0.25, -0.2) is 26.6 Å². The summed E-state index contributed by atoms with van der Waals surface area (Å²) in [5, 5.41) is 39.7. The van der Waals surface area contributed by atoms with Gasteiger partial charge in [0, 0.05) is 39.1 Å². The summed E-state index contributed by atoms with van der Waals surface area (Å²) in [5.74, 6) is -8.03. The van der Waals surface area contributed by atoms with Crippen molar-refractivity contribution < 1.29 is 51.5 Å². The third kappa shape index (κ3) is 8.01. The van der Waals surface area contributed by atoms with E-state index in [1.165, 1.54) is 18.2 Å². The van der Waals surface area contributed by atoms with E-state index in [1.807, 2.05) is 20.8 Å². The first-order valence-corrected chi connectivity index (χ1v) is 15.9. The van der Waals surface area contributed by atoms with Crippen molar-refractivity contribution in [3.8, 4) is 11.3 Å². The fourth-order valence-electron chi connectivity index (χ4n) is 5.65. The molecule has 1 aromatic heterocycles. The topological polar surface area (TPSA) is 130 Å². The van der Waals surface area contributed by atoms with Gasteiger partial charge in [-0.15, -0.1) is 16.9 Å². The van der Waals surface area contributed by atoms with E-state index in [4.69, 9.17) is 9.47 Å². The Bertz CT molecular complexity index is 1340. The van der Waals surface area contributed by atoms with Gasteiger partial charge in [-0.3, -0.25) is 4.79 Å². The lowest BCUT2D eigenvalue weighted by atomic mass is 9.80. The number of hydrogen-bond donors (Lipinski definition) is 3. The minimum absolute atomic E-state index is 0.0675. The average molecular weight is 681 g/mol. The summed E-state index contributed by atoms with van der Waals surface area (Å²) in [7, 11) is 2.87. The molecule has 1 aliphatic heterocycles. The van der Waals surface area contributed by atoms with Crippen molar-refractivity contribution in [1.82, 2.24) is 19.9 Å². The Labute approximate surface area is 268 Å². The van der Waals surface area contributed by atoms with Gasteiger partial charge in [-0.1, -0.05) is 26.0 Å². The highest BCUT2D eigenvalue weighted by Crippen LogP contribution is 2.47. The molecule has 1 saturated carbocycles. The van der Waals surface area contributed by atoms with Crippen LogP contribution in [0.3, 0.4) is 0 Å². The predicted molar refractivity (Wildman–Crippen MR) is 158 cm³/mol. The quantitative estimate of drug-likeness (QED) is 0.253. The summed E-state index contributed by atoms with van der Waals surface area (Å²) in [6.07, 6.45) is -3.92. The SMILES string of the molecule is CO[C@@H]1[C@@H](n2cc(-c3cc(F)c(F)c(F)c3)nn2)[C@@H](O)[C@@H](CO)O[C@H]1SC(C(=O)N(C)CCC(C)(C)C)C1(O)CCC(F)(F)CC1. The Morgan fingerprint density at radius 1 is 1.20 bits per heavy atom. The summed E-state index contributed by atoms with van der Waals surface area (Å²) in [4.78, 5) is 15.4. The van der Waals surface area contributed by atoms with E-state index in [0.29, 0.717) is 13.0 Å². The number of alkyl halides is 2. The van der Waals surface area contributed by atoms with E-state index in [2.05, 4.69) is 10.3 Å². The number of aliphatic hydroxyl groups excluding tert-OH is 2. The molecule has 10 nitrogen and oxygen atoms in total. The van der Waals surface area contributed by atoms with Gasteiger partial charge < -0.3 is 29.7 Å². The maximum absolute atomic E-state index is 14.2. The third-order valence-electron chi connectivity index (χ3n) is 8.60. The summed E-state index contributed by atoms with van der Waals surface area (Å²) < 4.78 is 82.6. The van der Waals surface area contributed by atoms with Gasteiger partial charge in [0.15, 0.2) is 17.5 Å². The third-order valence-corrected chi connectivity index (χ3v) is 10.2. The standard InChI is InChI=1S/C30H41F5N4O6S/c1-28(2,3)10-11-38(4)26(42)25(29(43)6-8-30(34,35)9-7-29)46-27-24(44-5)22(23(41)20(15-40)45-27)39-14-19(36-37-39)16-12-17(31)21(33)18(32)13-16/h12-14,20,22-25,27,40-41,43H,6-11,15H2,1-5H3/t20-,22+,23+,24-,25?,27+/m1/s1. The van der Waals surface area contributed by atoms with E-state index in [1.54, 1.807) is 7.05 Å². The van der Waals surface area contributed by atoms with Crippen LogP contribution in [-0.4, -0.2) is 109 Å². The fourth-order valence-corrected chi connectivity index (χ4v) is 7.34. The molecule has 2 heterocycles. The lowest BCUT2D eigenvalue weighted by molar-refractivity contribution is -0.186. The van der Waals surface area contributed by atoms with Crippen molar-refractivity contribution in [3.63, 3.8) is 0 Å². The van der Waals surface area contributed by atoms with Crippen molar-refractivity contribution in [2.24, 2.45) is 5.41 Å². The largest absolute Gasteiger partial charge is 0.394 e. The molecule has 0 radical (unpaired) electrons. The second-order valence-electron chi connectivity index (χ2n) is 13.3. The molecule has 2 fully saturated rings. The summed E-state index contributed by atoms with van der Waals surface area (Å²) in [6, 6.07) is 0.318. The van der Waals surface area contributed by atoms with Crippen molar-refractivity contribution in [1.29, 1.82) is 0 Å². The predicted octanol–water partition coefficient (Wildman–Crippen LogP) is 3.93. The van der Waals surface area contributed by atoms with E-state index in [0.717, 1.165) is 28.6 Å². The molecule has 1 amide bonds. The molecular weight excluding hydrogens is 639 g/mol. The number of carbonyl (C=O) groups excluding carboxylic acids is 1. The number of aliphatic hydroxyl groups is 3. The van der Waals surface area contributed by atoms with E-state index >= 15 is 0 Å². The van der Waals surface area contributed by atoms with Gasteiger partial charge >= 0.3 is 0 Å². The van der Waals surface area contributed by atoms with Gasteiger partial charge in [0.1, 0.15) is 40.7 Å². The minimum atomic E-state index is -2.99. The van der Waals surface area contributed by atoms with Crippen LogP contribution in [0, 0.1) is 22.9 Å². The fraction of sp³-hybridized carbons (Fsp3) is 0.700. The maximum Gasteiger partial charge on any atom is 0.248 e. The zero-order chi connectivity index (χ0) is 34.2. The van der Waals surface area contributed by atoms with Crippen LogP contribution < -0.4 is 0 Å². The zero-order valence-electron chi connectivity index (χ0n) is 26.3. The van der Waals surface area contributed by atoms with Crippen LogP contribution in [0.5, 0.6) is 0 Å². The lowest BCUT2D eigenvalue weighted by Crippen LogP contribution is -2.59. The van der Waals surface area contributed by atoms with Crippen molar-refractivity contribution in [2.45, 2.75) is 99.4 Å². The minimum Gasteiger partial charge on any atom is -0.394 e. The molecule has 1 aliphatic carbocycles. The van der Waals surface area contributed by atoms with Gasteiger partial charge in [0.25, 0.3) is 0 Å².